The fraction of sp³-hybridized carbons (Fsp3) is 0.433. The molecule has 2 aromatic rings. The third-order valence-electron chi connectivity index (χ3n) is 7.38. The molecule has 0 unspecified atom stereocenters. The topological polar surface area (TPSA) is 42.2 Å². The number of ether oxygens (including phenoxy) is 2. The van der Waals surface area contributed by atoms with Gasteiger partial charge in [0.05, 0.1) is 36.9 Å². The number of nitriles is 1. The summed E-state index contributed by atoms with van der Waals surface area (Å²) in [6.45, 7) is 11.9. The largest absolute Gasteiger partial charge is 0.369 e. The Morgan fingerprint density at radius 2 is 1.48 bits per heavy atom. The van der Waals surface area contributed by atoms with Gasteiger partial charge in [0.1, 0.15) is 0 Å². The van der Waals surface area contributed by atoms with Crippen LogP contribution in [-0.2, 0) is 22.7 Å². The van der Waals surface area contributed by atoms with Crippen molar-refractivity contribution in [2.24, 2.45) is 23.2 Å². The number of fused-ring (bicyclic) bond motifs is 1. The fourth-order valence-electron chi connectivity index (χ4n) is 5.85. The number of nitrogens with zero attached hydrogens (tertiary/aromatic N) is 1. The van der Waals surface area contributed by atoms with Gasteiger partial charge >= 0.3 is 0 Å². The maximum absolute atomic E-state index is 10.4. The highest BCUT2D eigenvalue weighted by Gasteiger charge is 2.52. The normalized spacial score (nSPS) is 31.2. The van der Waals surface area contributed by atoms with E-state index >= 15 is 0 Å². The van der Waals surface area contributed by atoms with Crippen LogP contribution in [0.25, 0.3) is 0 Å². The standard InChI is InChI=1S/C30H35NO2/c1-21(2)28-23(4)17-30(20-31)16-22(3)27(32-18-24-11-7-5-8-12-24)15-26(30)29(28)33-19-25-13-9-6-10-14-25/h5-15,22-23,27-29H,1,16-19H2,2-4H3/t22-,23+,27-,28-,29+,30+/m1/s1. The number of rotatable bonds is 7. The number of hydrogen-bond acceptors (Lipinski definition) is 3. The molecule has 2 aliphatic rings. The van der Waals surface area contributed by atoms with E-state index in [1.807, 2.05) is 36.4 Å². The molecule has 6 atom stereocenters. The Morgan fingerprint density at radius 3 is 2.03 bits per heavy atom. The van der Waals surface area contributed by atoms with Crippen molar-refractivity contribution in [3.63, 3.8) is 0 Å². The summed E-state index contributed by atoms with van der Waals surface area (Å²) in [7, 11) is 0. The van der Waals surface area contributed by atoms with Crippen molar-refractivity contribution in [1.29, 1.82) is 5.26 Å². The average Bonchev–Trinajstić information content (AvgIpc) is 2.82. The van der Waals surface area contributed by atoms with Gasteiger partial charge in [-0.1, -0.05) is 92.7 Å². The Bertz CT molecular complexity index is 1020. The van der Waals surface area contributed by atoms with Gasteiger partial charge in [-0.25, -0.2) is 0 Å². The van der Waals surface area contributed by atoms with Crippen molar-refractivity contribution >= 4 is 0 Å². The molecule has 0 aromatic heterocycles. The predicted molar refractivity (Wildman–Crippen MR) is 132 cm³/mol. The van der Waals surface area contributed by atoms with Crippen LogP contribution < -0.4 is 0 Å². The molecule has 172 valence electrons. The molecule has 0 amide bonds. The molecule has 0 N–H and O–H groups in total. The molecule has 3 nitrogen and oxygen atoms in total. The molecule has 0 bridgehead atoms. The first-order valence-corrected chi connectivity index (χ1v) is 12.0. The summed E-state index contributed by atoms with van der Waals surface area (Å²) in [5, 5.41) is 10.4. The van der Waals surface area contributed by atoms with Crippen molar-refractivity contribution in [2.75, 3.05) is 0 Å². The first kappa shape index (κ1) is 23.5. The lowest BCUT2D eigenvalue weighted by Crippen LogP contribution is -2.49. The van der Waals surface area contributed by atoms with Gasteiger partial charge in [0.15, 0.2) is 0 Å². The first-order chi connectivity index (χ1) is 15.9. The lowest BCUT2D eigenvalue weighted by Gasteiger charge is -2.51. The van der Waals surface area contributed by atoms with E-state index in [2.05, 4.69) is 63.8 Å². The van der Waals surface area contributed by atoms with Crippen LogP contribution in [0.1, 0.15) is 44.7 Å². The highest BCUT2D eigenvalue weighted by atomic mass is 16.5. The predicted octanol–water partition coefficient (Wildman–Crippen LogP) is 6.87. The molecule has 0 saturated heterocycles. The van der Waals surface area contributed by atoms with E-state index < -0.39 is 5.41 Å². The number of benzene rings is 2. The summed E-state index contributed by atoms with van der Waals surface area (Å²) < 4.78 is 13.0. The average molecular weight is 442 g/mol. The van der Waals surface area contributed by atoms with Crippen LogP contribution in [0, 0.1) is 34.5 Å². The smallest absolute Gasteiger partial charge is 0.0873 e. The number of hydrogen-bond donors (Lipinski definition) is 0. The van der Waals surface area contributed by atoms with E-state index in [1.54, 1.807) is 0 Å². The molecular weight excluding hydrogens is 406 g/mol. The quantitative estimate of drug-likeness (QED) is 0.441. The molecule has 33 heavy (non-hydrogen) atoms. The van der Waals surface area contributed by atoms with E-state index in [0.29, 0.717) is 19.1 Å². The monoisotopic (exact) mass is 441 g/mol. The first-order valence-electron chi connectivity index (χ1n) is 12.0. The van der Waals surface area contributed by atoms with Crippen LogP contribution in [-0.4, -0.2) is 12.2 Å². The van der Waals surface area contributed by atoms with Gasteiger partial charge in [0, 0.05) is 5.92 Å². The zero-order valence-corrected chi connectivity index (χ0v) is 20.0. The van der Waals surface area contributed by atoms with E-state index in [1.165, 1.54) is 0 Å². The zero-order valence-electron chi connectivity index (χ0n) is 20.0. The Hall–Kier alpha value is -2.67. The van der Waals surface area contributed by atoms with Crippen molar-refractivity contribution in [3.05, 3.63) is 95.6 Å². The van der Waals surface area contributed by atoms with Crippen LogP contribution in [0.5, 0.6) is 0 Å². The van der Waals surface area contributed by atoms with Gasteiger partial charge in [0.25, 0.3) is 0 Å². The van der Waals surface area contributed by atoms with Crippen LogP contribution in [0.3, 0.4) is 0 Å². The molecule has 2 aromatic carbocycles. The molecule has 0 spiro atoms. The Kier molecular flexibility index (Phi) is 7.17. The Labute approximate surface area is 198 Å². The summed E-state index contributed by atoms with van der Waals surface area (Å²) in [5.41, 5.74) is 4.02. The van der Waals surface area contributed by atoms with Crippen LogP contribution in [0.4, 0.5) is 0 Å². The van der Waals surface area contributed by atoms with Crippen molar-refractivity contribution < 1.29 is 9.47 Å². The van der Waals surface area contributed by atoms with E-state index in [-0.39, 0.29) is 24.0 Å². The fourth-order valence-corrected chi connectivity index (χ4v) is 5.85. The minimum Gasteiger partial charge on any atom is -0.369 e. The minimum atomic E-state index is -0.501. The molecule has 2 aliphatic carbocycles. The maximum Gasteiger partial charge on any atom is 0.0873 e. The summed E-state index contributed by atoms with van der Waals surface area (Å²) in [4.78, 5) is 0. The van der Waals surface area contributed by atoms with E-state index in [0.717, 1.165) is 35.1 Å². The van der Waals surface area contributed by atoms with Gasteiger partial charge in [-0.3, -0.25) is 0 Å². The van der Waals surface area contributed by atoms with Gasteiger partial charge in [-0.15, -0.1) is 0 Å². The summed E-state index contributed by atoms with van der Waals surface area (Å²) in [6, 6.07) is 23.3. The summed E-state index contributed by atoms with van der Waals surface area (Å²) >= 11 is 0. The molecule has 0 heterocycles. The van der Waals surface area contributed by atoms with Crippen LogP contribution >= 0.6 is 0 Å². The minimum absolute atomic E-state index is 0.0383. The van der Waals surface area contributed by atoms with Crippen molar-refractivity contribution in [1.82, 2.24) is 0 Å². The van der Waals surface area contributed by atoms with E-state index in [9.17, 15) is 5.26 Å². The van der Waals surface area contributed by atoms with Crippen LogP contribution in [0.15, 0.2) is 84.5 Å². The SMILES string of the molecule is C=C(C)[C@@H]1[C@@H](C)C[C@]2(C#N)C[C@@H](C)[C@H](OCc3ccccc3)C=C2[C@@H]1OCc1ccccc1. The lowest BCUT2D eigenvalue weighted by atomic mass is 9.55. The second-order valence-electron chi connectivity index (χ2n) is 10.0. The molecular formula is C30H35NO2. The molecule has 1 fully saturated rings. The molecule has 3 heteroatoms. The second-order valence-corrected chi connectivity index (χ2v) is 10.0. The zero-order chi connectivity index (χ0) is 23.4. The molecule has 1 saturated carbocycles. The van der Waals surface area contributed by atoms with E-state index in [4.69, 9.17) is 9.47 Å². The summed E-state index contributed by atoms with van der Waals surface area (Å²) in [5.74, 6) is 0.777. The highest BCUT2D eigenvalue weighted by molar-refractivity contribution is 5.37. The van der Waals surface area contributed by atoms with Crippen molar-refractivity contribution in [3.8, 4) is 6.07 Å². The summed E-state index contributed by atoms with van der Waals surface area (Å²) in [6.07, 6.45) is 3.66. The molecule has 4 rings (SSSR count). The van der Waals surface area contributed by atoms with Crippen molar-refractivity contribution in [2.45, 2.75) is 59.0 Å². The lowest BCUT2D eigenvalue weighted by molar-refractivity contribution is -0.0395. The Balaban J connectivity index is 1.65. The molecule has 0 aliphatic heterocycles. The van der Waals surface area contributed by atoms with Crippen LogP contribution in [0.2, 0.25) is 0 Å². The molecule has 0 radical (unpaired) electrons. The highest BCUT2D eigenvalue weighted by Crippen LogP contribution is 2.55. The maximum atomic E-state index is 10.4. The van der Waals surface area contributed by atoms with Gasteiger partial charge in [-0.05, 0) is 48.3 Å². The third-order valence-corrected chi connectivity index (χ3v) is 7.38. The van der Waals surface area contributed by atoms with Gasteiger partial charge in [-0.2, -0.15) is 5.26 Å². The van der Waals surface area contributed by atoms with Gasteiger partial charge < -0.3 is 9.47 Å². The third kappa shape index (κ3) is 4.98. The Morgan fingerprint density at radius 1 is 0.939 bits per heavy atom. The second kappa shape index (κ2) is 10.1. The van der Waals surface area contributed by atoms with Gasteiger partial charge in [0.2, 0.25) is 0 Å².